The zero-order valence-corrected chi connectivity index (χ0v) is 13.6. The van der Waals surface area contributed by atoms with Crippen molar-refractivity contribution in [1.82, 2.24) is 5.32 Å². The minimum atomic E-state index is -0.0885. The number of aryl methyl sites for hydroxylation is 2. The van der Waals surface area contributed by atoms with Crippen LogP contribution in [0.2, 0.25) is 0 Å². The average Bonchev–Trinajstić information content (AvgIpc) is 2.50. The van der Waals surface area contributed by atoms with Crippen molar-refractivity contribution in [2.45, 2.75) is 33.2 Å². The summed E-state index contributed by atoms with van der Waals surface area (Å²) in [6, 6.07) is 13.8. The molecule has 0 unspecified atom stereocenters. The molecule has 0 aliphatic carbocycles. The second-order valence-corrected chi connectivity index (χ2v) is 5.64. The zero-order chi connectivity index (χ0) is 16.1. The molecule has 116 valence electrons. The number of methoxy groups -OCH3 is 1. The average molecular weight is 297 g/mol. The van der Waals surface area contributed by atoms with Crippen LogP contribution in [0.5, 0.6) is 5.75 Å². The molecule has 0 heterocycles. The van der Waals surface area contributed by atoms with Crippen LogP contribution in [0.15, 0.2) is 42.5 Å². The Hall–Kier alpha value is -2.29. The van der Waals surface area contributed by atoms with Crippen LogP contribution in [0, 0.1) is 13.8 Å². The van der Waals surface area contributed by atoms with Crippen molar-refractivity contribution in [1.29, 1.82) is 0 Å². The number of rotatable bonds is 5. The van der Waals surface area contributed by atoms with E-state index < -0.39 is 0 Å². The fraction of sp³-hybridized carbons (Fsp3) is 0.316. The highest BCUT2D eigenvalue weighted by atomic mass is 16.5. The third-order valence-electron chi connectivity index (χ3n) is 3.83. The normalized spacial score (nSPS) is 11.8. The fourth-order valence-electron chi connectivity index (χ4n) is 2.61. The summed E-state index contributed by atoms with van der Waals surface area (Å²) in [4.78, 5) is 12.3. The van der Waals surface area contributed by atoms with Gasteiger partial charge in [-0.15, -0.1) is 0 Å². The highest BCUT2D eigenvalue weighted by Crippen LogP contribution is 2.24. The molecular formula is C19H23NO2. The number of carbonyl (C=O) groups excluding carboxylic acids is 1. The Balaban J connectivity index is 2.05. The van der Waals surface area contributed by atoms with Gasteiger partial charge in [-0.3, -0.25) is 4.79 Å². The Morgan fingerprint density at radius 3 is 2.59 bits per heavy atom. The second-order valence-electron chi connectivity index (χ2n) is 5.64. The monoisotopic (exact) mass is 297 g/mol. The molecular weight excluding hydrogens is 274 g/mol. The molecule has 3 heteroatoms. The molecule has 22 heavy (non-hydrogen) atoms. The van der Waals surface area contributed by atoms with Gasteiger partial charge in [0.25, 0.3) is 0 Å². The molecule has 1 N–H and O–H groups in total. The Kier molecular flexibility index (Phi) is 5.21. The SMILES string of the molecule is COc1ccccc1[C@H](C)NC(=O)Cc1ccc(C)cc1C. The summed E-state index contributed by atoms with van der Waals surface area (Å²) in [7, 11) is 1.64. The van der Waals surface area contributed by atoms with E-state index in [2.05, 4.69) is 18.3 Å². The van der Waals surface area contributed by atoms with Gasteiger partial charge in [0.05, 0.1) is 19.6 Å². The lowest BCUT2D eigenvalue weighted by atomic mass is 10.0. The molecule has 0 aliphatic rings. The minimum absolute atomic E-state index is 0.0189. The molecule has 3 nitrogen and oxygen atoms in total. The Bertz CT molecular complexity index is 664. The molecule has 0 bridgehead atoms. The molecule has 0 fully saturated rings. The number of ether oxygens (including phenoxy) is 1. The van der Waals surface area contributed by atoms with E-state index >= 15 is 0 Å². The highest BCUT2D eigenvalue weighted by molar-refractivity contribution is 5.79. The maximum atomic E-state index is 12.3. The molecule has 1 amide bonds. The number of nitrogens with one attached hydrogen (secondary N) is 1. The number of hydrogen-bond donors (Lipinski definition) is 1. The third kappa shape index (κ3) is 3.88. The Morgan fingerprint density at radius 1 is 1.18 bits per heavy atom. The van der Waals surface area contributed by atoms with Gasteiger partial charge in [0, 0.05) is 5.56 Å². The summed E-state index contributed by atoms with van der Waals surface area (Å²) in [6.07, 6.45) is 0.394. The van der Waals surface area contributed by atoms with E-state index in [4.69, 9.17) is 4.74 Å². The molecule has 0 aliphatic heterocycles. The van der Waals surface area contributed by atoms with Crippen molar-refractivity contribution >= 4 is 5.91 Å². The van der Waals surface area contributed by atoms with Crippen LogP contribution in [0.25, 0.3) is 0 Å². The van der Waals surface area contributed by atoms with Gasteiger partial charge in [-0.05, 0) is 38.0 Å². The van der Waals surface area contributed by atoms with Gasteiger partial charge in [0.2, 0.25) is 5.91 Å². The van der Waals surface area contributed by atoms with Crippen LogP contribution >= 0.6 is 0 Å². The molecule has 2 aromatic carbocycles. The van der Waals surface area contributed by atoms with Crippen molar-refractivity contribution in [3.63, 3.8) is 0 Å². The number of para-hydroxylation sites is 1. The molecule has 0 saturated carbocycles. The quantitative estimate of drug-likeness (QED) is 0.913. The Morgan fingerprint density at radius 2 is 1.91 bits per heavy atom. The van der Waals surface area contributed by atoms with E-state index in [1.807, 2.05) is 50.2 Å². The summed E-state index contributed by atoms with van der Waals surface area (Å²) in [5, 5.41) is 3.04. The molecule has 0 saturated heterocycles. The summed E-state index contributed by atoms with van der Waals surface area (Å²) in [5.41, 5.74) is 4.42. The minimum Gasteiger partial charge on any atom is -0.496 e. The van der Waals surface area contributed by atoms with Crippen molar-refractivity contribution in [3.8, 4) is 5.75 Å². The summed E-state index contributed by atoms with van der Waals surface area (Å²) in [6.45, 7) is 6.07. The first-order valence-corrected chi connectivity index (χ1v) is 7.49. The van der Waals surface area contributed by atoms with Crippen LogP contribution in [-0.4, -0.2) is 13.0 Å². The third-order valence-corrected chi connectivity index (χ3v) is 3.83. The maximum Gasteiger partial charge on any atom is 0.224 e. The van der Waals surface area contributed by atoms with Crippen LogP contribution in [0.1, 0.15) is 35.2 Å². The lowest BCUT2D eigenvalue weighted by Gasteiger charge is -2.17. The van der Waals surface area contributed by atoms with Crippen molar-refractivity contribution in [2.75, 3.05) is 7.11 Å². The highest BCUT2D eigenvalue weighted by Gasteiger charge is 2.14. The number of benzene rings is 2. The predicted octanol–water partition coefficient (Wildman–Crippen LogP) is 3.73. The lowest BCUT2D eigenvalue weighted by molar-refractivity contribution is -0.121. The summed E-state index contributed by atoms with van der Waals surface area (Å²) < 4.78 is 5.35. The van der Waals surface area contributed by atoms with E-state index in [9.17, 15) is 4.79 Å². The first-order chi connectivity index (χ1) is 10.5. The maximum absolute atomic E-state index is 12.3. The molecule has 1 atom stereocenters. The Labute approximate surface area is 132 Å². The smallest absolute Gasteiger partial charge is 0.224 e. The van der Waals surface area contributed by atoms with E-state index in [-0.39, 0.29) is 11.9 Å². The van der Waals surface area contributed by atoms with E-state index in [0.717, 1.165) is 22.4 Å². The second kappa shape index (κ2) is 7.12. The largest absolute Gasteiger partial charge is 0.496 e. The van der Waals surface area contributed by atoms with Gasteiger partial charge < -0.3 is 10.1 Å². The van der Waals surface area contributed by atoms with Gasteiger partial charge in [0.15, 0.2) is 0 Å². The first kappa shape index (κ1) is 16.1. The van der Waals surface area contributed by atoms with Crippen LogP contribution < -0.4 is 10.1 Å². The molecule has 2 rings (SSSR count). The number of hydrogen-bond acceptors (Lipinski definition) is 2. The molecule has 2 aromatic rings. The van der Waals surface area contributed by atoms with Crippen molar-refractivity contribution in [3.05, 3.63) is 64.7 Å². The molecule has 0 spiro atoms. The first-order valence-electron chi connectivity index (χ1n) is 7.49. The topological polar surface area (TPSA) is 38.3 Å². The van der Waals surface area contributed by atoms with Gasteiger partial charge in [-0.1, -0.05) is 42.0 Å². The lowest BCUT2D eigenvalue weighted by Crippen LogP contribution is -2.28. The fourth-order valence-corrected chi connectivity index (χ4v) is 2.61. The van der Waals surface area contributed by atoms with Gasteiger partial charge in [0.1, 0.15) is 5.75 Å². The van der Waals surface area contributed by atoms with Crippen molar-refractivity contribution in [2.24, 2.45) is 0 Å². The van der Waals surface area contributed by atoms with Crippen LogP contribution in [-0.2, 0) is 11.2 Å². The number of amides is 1. The predicted molar refractivity (Wildman–Crippen MR) is 89.2 cm³/mol. The summed E-state index contributed by atoms with van der Waals surface area (Å²) in [5.74, 6) is 0.812. The summed E-state index contributed by atoms with van der Waals surface area (Å²) >= 11 is 0. The molecule has 0 radical (unpaired) electrons. The number of carbonyl (C=O) groups is 1. The van der Waals surface area contributed by atoms with Crippen LogP contribution in [0.3, 0.4) is 0 Å². The van der Waals surface area contributed by atoms with Crippen LogP contribution in [0.4, 0.5) is 0 Å². The van der Waals surface area contributed by atoms with E-state index in [1.54, 1.807) is 7.11 Å². The van der Waals surface area contributed by atoms with Gasteiger partial charge in [-0.2, -0.15) is 0 Å². The van der Waals surface area contributed by atoms with E-state index in [1.165, 1.54) is 5.56 Å². The van der Waals surface area contributed by atoms with E-state index in [0.29, 0.717) is 6.42 Å². The standard InChI is InChI=1S/C19H23NO2/c1-13-9-10-16(14(2)11-13)12-19(21)20-15(3)17-7-5-6-8-18(17)22-4/h5-11,15H,12H2,1-4H3,(H,20,21)/t15-/m0/s1. The zero-order valence-electron chi connectivity index (χ0n) is 13.6. The molecule has 0 aromatic heterocycles. The van der Waals surface area contributed by atoms with Gasteiger partial charge >= 0.3 is 0 Å². The van der Waals surface area contributed by atoms with Crippen molar-refractivity contribution < 1.29 is 9.53 Å². The van der Waals surface area contributed by atoms with Gasteiger partial charge in [-0.25, -0.2) is 0 Å².